The predicted octanol–water partition coefficient (Wildman–Crippen LogP) is 3.81. The molecular formula is C15H20BrNO. The normalized spacial score (nSPS) is 31.1. The number of halogens is 1. The predicted molar refractivity (Wildman–Crippen MR) is 77.1 cm³/mol. The van der Waals surface area contributed by atoms with Gasteiger partial charge in [0.2, 0.25) is 0 Å². The van der Waals surface area contributed by atoms with E-state index < -0.39 is 0 Å². The summed E-state index contributed by atoms with van der Waals surface area (Å²) in [5.41, 5.74) is 1.21. The summed E-state index contributed by atoms with van der Waals surface area (Å²) in [6, 6.07) is 7.55. The Morgan fingerprint density at radius 1 is 1.22 bits per heavy atom. The van der Waals surface area contributed by atoms with E-state index in [2.05, 4.69) is 40.3 Å². The molecule has 2 nitrogen and oxygen atoms in total. The van der Waals surface area contributed by atoms with E-state index in [-0.39, 0.29) is 0 Å². The number of benzene rings is 1. The topological polar surface area (TPSA) is 21.3 Å². The quantitative estimate of drug-likeness (QED) is 0.897. The van der Waals surface area contributed by atoms with Gasteiger partial charge in [-0.15, -0.1) is 0 Å². The second-order valence-corrected chi connectivity index (χ2v) is 6.42. The van der Waals surface area contributed by atoms with Crippen LogP contribution in [0.4, 0.5) is 0 Å². The molecule has 2 heterocycles. The van der Waals surface area contributed by atoms with Crippen molar-refractivity contribution in [1.29, 1.82) is 0 Å². The Hall–Kier alpha value is -0.540. The molecule has 18 heavy (non-hydrogen) atoms. The molecule has 0 spiro atoms. The summed E-state index contributed by atoms with van der Waals surface area (Å²) in [5, 5.41) is 3.71. The fraction of sp³-hybridized carbons (Fsp3) is 0.600. The maximum Gasteiger partial charge on any atom is 0.123 e. The van der Waals surface area contributed by atoms with Crippen molar-refractivity contribution in [3.05, 3.63) is 28.2 Å². The van der Waals surface area contributed by atoms with E-state index in [1.165, 1.54) is 24.8 Å². The molecule has 1 aromatic carbocycles. The van der Waals surface area contributed by atoms with Crippen molar-refractivity contribution in [2.75, 3.05) is 0 Å². The first-order valence-electron chi connectivity index (χ1n) is 6.90. The number of rotatable bonds is 2. The highest BCUT2D eigenvalue weighted by Gasteiger charge is 2.32. The molecule has 3 atom stereocenters. The number of hydrogen-bond acceptors (Lipinski definition) is 2. The van der Waals surface area contributed by atoms with Gasteiger partial charge in [0.05, 0.1) is 0 Å². The van der Waals surface area contributed by atoms with Crippen molar-refractivity contribution in [2.24, 2.45) is 0 Å². The summed E-state index contributed by atoms with van der Waals surface area (Å²) in [4.78, 5) is 0. The lowest BCUT2D eigenvalue weighted by Crippen LogP contribution is -2.51. The standard InChI is InChI=1S/C15H20BrNO/c1-10-14(16)6-3-7-15(10)18-13-8-11-4-2-5-12(9-13)17-11/h3,6-7,11-13,17H,2,4-5,8-9H2,1H3/t11-,12+,13-. The van der Waals surface area contributed by atoms with E-state index in [1.807, 2.05) is 6.07 Å². The minimum atomic E-state index is 0.384. The van der Waals surface area contributed by atoms with Crippen LogP contribution in [0, 0.1) is 6.92 Å². The third kappa shape index (κ3) is 2.57. The molecule has 0 unspecified atom stereocenters. The van der Waals surface area contributed by atoms with Gasteiger partial charge in [-0.1, -0.05) is 28.4 Å². The van der Waals surface area contributed by atoms with Crippen LogP contribution < -0.4 is 10.1 Å². The maximum atomic E-state index is 6.23. The van der Waals surface area contributed by atoms with E-state index in [4.69, 9.17) is 4.74 Å². The van der Waals surface area contributed by atoms with E-state index in [0.29, 0.717) is 18.2 Å². The van der Waals surface area contributed by atoms with Gasteiger partial charge in [-0.05, 0) is 44.7 Å². The number of piperidine rings is 2. The molecule has 0 aromatic heterocycles. The monoisotopic (exact) mass is 309 g/mol. The van der Waals surface area contributed by atoms with Crippen molar-refractivity contribution < 1.29 is 4.74 Å². The van der Waals surface area contributed by atoms with Crippen LogP contribution in [0.2, 0.25) is 0 Å². The summed E-state index contributed by atoms with van der Waals surface area (Å²) in [5.74, 6) is 1.04. The van der Waals surface area contributed by atoms with Gasteiger partial charge in [0, 0.05) is 22.1 Å². The second-order valence-electron chi connectivity index (χ2n) is 5.57. The van der Waals surface area contributed by atoms with Crippen molar-refractivity contribution >= 4 is 15.9 Å². The van der Waals surface area contributed by atoms with Gasteiger partial charge >= 0.3 is 0 Å². The summed E-state index contributed by atoms with van der Waals surface area (Å²) in [6.07, 6.45) is 6.70. The lowest BCUT2D eigenvalue weighted by atomic mass is 9.85. The first kappa shape index (κ1) is 12.5. The van der Waals surface area contributed by atoms with Crippen LogP contribution in [0.25, 0.3) is 0 Å². The fourth-order valence-corrected chi connectivity index (χ4v) is 3.55. The van der Waals surface area contributed by atoms with Gasteiger partial charge < -0.3 is 10.1 Å². The lowest BCUT2D eigenvalue weighted by Gasteiger charge is -2.40. The Kier molecular flexibility index (Phi) is 3.62. The van der Waals surface area contributed by atoms with Gasteiger partial charge in [0.25, 0.3) is 0 Å². The van der Waals surface area contributed by atoms with Crippen LogP contribution in [0.3, 0.4) is 0 Å². The Balaban J connectivity index is 1.71. The Morgan fingerprint density at radius 2 is 1.94 bits per heavy atom. The molecule has 1 aromatic rings. The zero-order valence-corrected chi connectivity index (χ0v) is 12.4. The van der Waals surface area contributed by atoms with Crippen LogP contribution in [-0.2, 0) is 0 Å². The molecule has 2 fully saturated rings. The second kappa shape index (κ2) is 5.22. The fourth-order valence-electron chi connectivity index (χ4n) is 3.20. The number of hydrogen-bond donors (Lipinski definition) is 1. The molecule has 98 valence electrons. The van der Waals surface area contributed by atoms with E-state index >= 15 is 0 Å². The molecule has 0 amide bonds. The molecule has 2 aliphatic rings. The zero-order valence-electron chi connectivity index (χ0n) is 10.8. The van der Waals surface area contributed by atoms with Crippen LogP contribution in [0.15, 0.2) is 22.7 Å². The van der Waals surface area contributed by atoms with Gasteiger partial charge in [-0.3, -0.25) is 0 Å². The van der Waals surface area contributed by atoms with Crippen LogP contribution in [0.1, 0.15) is 37.7 Å². The highest BCUT2D eigenvalue weighted by atomic mass is 79.9. The largest absolute Gasteiger partial charge is 0.490 e. The van der Waals surface area contributed by atoms with Gasteiger partial charge in [0.1, 0.15) is 11.9 Å². The lowest BCUT2D eigenvalue weighted by molar-refractivity contribution is 0.0921. The molecule has 0 aliphatic carbocycles. The maximum absolute atomic E-state index is 6.23. The molecule has 2 saturated heterocycles. The molecule has 0 radical (unpaired) electrons. The average molecular weight is 310 g/mol. The summed E-state index contributed by atoms with van der Waals surface area (Å²) >= 11 is 3.57. The summed E-state index contributed by atoms with van der Waals surface area (Å²) in [6.45, 7) is 2.11. The SMILES string of the molecule is Cc1c(Br)cccc1O[C@@H]1C[C@H]2CCC[C@@H](C1)N2. The Bertz CT molecular complexity index is 423. The molecule has 3 heteroatoms. The Labute approximate surface area is 117 Å². The van der Waals surface area contributed by atoms with Gasteiger partial charge in [-0.25, -0.2) is 0 Å². The molecular weight excluding hydrogens is 290 g/mol. The van der Waals surface area contributed by atoms with Crippen molar-refractivity contribution in [2.45, 2.75) is 57.2 Å². The number of nitrogens with one attached hydrogen (secondary N) is 1. The minimum absolute atomic E-state index is 0.384. The van der Waals surface area contributed by atoms with E-state index in [9.17, 15) is 0 Å². The number of ether oxygens (including phenoxy) is 1. The van der Waals surface area contributed by atoms with Crippen molar-refractivity contribution in [3.8, 4) is 5.75 Å². The van der Waals surface area contributed by atoms with Crippen molar-refractivity contribution in [1.82, 2.24) is 5.32 Å². The smallest absolute Gasteiger partial charge is 0.123 e. The number of fused-ring (bicyclic) bond motifs is 2. The third-order valence-electron chi connectivity index (χ3n) is 4.18. The van der Waals surface area contributed by atoms with Crippen LogP contribution >= 0.6 is 15.9 Å². The molecule has 2 bridgehead atoms. The highest BCUT2D eigenvalue weighted by Crippen LogP contribution is 2.31. The Morgan fingerprint density at radius 3 is 2.67 bits per heavy atom. The van der Waals surface area contributed by atoms with Gasteiger partial charge in [-0.2, -0.15) is 0 Å². The van der Waals surface area contributed by atoms with E-state index in [1.54, 1.807) is 0 Å². The molecule has 1 N–H and O–H groups in total. The van der Waals surface area contributed by atoms with Gasteiger partial charge in [0.15, 0.2) is 0 Å². The summed E-state index contributed by atoms with van der Waals surface area (Å²) < 4.78 is 7.37. The van der Waals surface area contributed by atoms with Crippen LogP contribution in [-0.4, -0.2) is 18.2 Å². The molecule has 0 saturated carbocycles. The first-order chi connectivity index (χ1) is 8.72. The average Bonchev–Trinajstić information content (AvgIpc) is 2.35. The first-order valence-corrected chi connectivity index (χ1v) is 7.69. The minimum Gasteiger partial charge on any atom is -0.490 e. The van der Waals surface area contributed by atoms with Crippen LogP contribution in [0.5, 0.6) is 5.75 Å². The van der Waals surface area contributed by atoms with Crippen molar-refractivity contribution in [3.63, 3.8) is 0 Å². The molecule has 3 rings (SSSR count). The summed E-state index contributed by atoms with van der Waals surface area (Å²) in [7, 11) is 0. The van der Waals surface area contributed by atoms with E-state index in [0.717, 1.165) is 23.1 Å². The zero-order chi connectivity index (χ0) is 12.5. The third-order valence-corrected chi connectivity index (χ3v) is 5.04. The molecule has 2 aliphatic heterocycles. The highest BCUT2D eigenvalue weighted by molar-refractivity contribution is 9.10.